The van der Waals surface area contributed by atoms with Crippen molar-refractivity contribution in [2.24, 2.45) is 0 Å². The largest absolute Gasteiger partial charge is 0.434 e. The third kappa shape index (κ3) is 4.44. The first-order chi connectivity index (χ1) is 14.6. The minimum Gasteiger partial charge on any atom is -0.426 e. The minimum absolute atomic E-state index is 0.0763. The van der Waals surface area contributed by atoms with E-state index in [9.17, 15) is 31.9 Å². The smallest absolute Gasteiger partial charge is 0.426 e. The molecular formula is C20H17F4N3O4. The average Bonchev–Trinajstić information content (AvgIpc) is 2.71. The van der Waals surface area contributed by atoms with E-state index in [1.54, 1.807) is 0 Å². The lowest BCUT2D eigenvalue weighted by Crippen LogP contribution is -2.56. The number of alkyl halides is 3. The molecule has 1 atom stereocenters. The molecule has 11 heteroatoms. The Balaban J connectivity index is 1.99. The number of fused-ring (bicyclic) bond motifs is 1. The quantitative estimate of drug-likeness (QED) is 0.625. The van der Waals surface area contributed by atoms with Crippen LogP contribution in [0.25, 0.3) is 0 Å². The number of rotatable bonds is 5. The Labute approximate surface area is 173 Å². The summed E-state index contributed by atoms with van der Waals surface area (Å²) in [6.07, 6.45) is -6.66. The molecule has 7 nitrogen and oxygen atoms in total. The van der Waals surface area contributed by atoms with Gasteiger partial charge in [0.15, 0.2) is 0 Å². The zero-order chi connectivity index (χ0) is 22.8. The fraction of sp³-hybridized carbons (Fsp3) is 0.250. The maximum absolute atomic E-state index is 14.2. The van der Waals surface area contributed by atoms with Gasteiger partial charge in [-0.2, -0.15) is 13.2 Å². The van der Waals surface area contributed by atoms with Gasteiger partial charge in [-0.05, 0) is 42.0 Å². The van der Waals surface area contributed by atoms with Crippen LogP contribution in [0.15, 0.2) is 42.5 Å². The summed E-state index contributed by atoms with van der Waals surface area (Å²) >= 11 is 0. The summed E-state index contributed by atoms with van der Waals surface area (Å²) in [5.74, 6) is -1.96. The number of ether oxygens (including phenoxy) is 1. The predicted octanol–water partition coefficient (Wildman–Crippen LogP) is 2.86. The summed E-state index contributed by atoms with van der Waals surface area (Å²) in [6.45, 7) is -1.13. The Morgan fingerprint density at radius 1 is 1.13 bits per heavy atom. The van der Waals surface area contributed by atoms with E-state index in [1.807, 2.05) is 0 Å². The average molecular weight is 439 g/mol. The number of anilines is 1. The van der Waals surface area contributed by atoms with Crippen LogP contribution in [0.3, 0.4) is 0 Å². The van der Waals surface area contributed by atoms with Crippen LogP contribution in [0, 0.1) is 5.82 Å². The van der Waals surface area contributed by atoms with Crippen molar-refractivity contribution in [3.05, 3.63) is 65.0 Å². The summed E-state index contributed by atoms with van der Waals surface area (Å²) in [5, 5.41) is 6.66. The Bertz CT molecular complexity index is 1020. The highest BCUT2D eigenvalue weighted by Crippen LogP contribution is 2.47. The number of hydrogen-bond acceptors (Lipinski definition) is 4. The predicted molar refractivity (Wildman–Crippen MR) is 101 cm³/mol. The number of likely N-dealkylation sites (N-methyl/N-ethyl adjacent to an activating group) is 1. The summed E-state index contributed by atoms with van der Waals surface area (Å²) in [5.41, 5.74) is -3.64. The number of nitrogens with one attached hydrogen (secondary N) is 3. The van der Waals surface area contributed by atoms with Gasteiger partial charge in [-0.25, -0.2) is 9.18 Å². The van der Waals surface area contributed by atoms with Crippen LogP contribution < -0.4 is 16.0 Å². The lowest BCUT2D eigenvalue weighted by Gasteiger charge is -2.39. The number of hydrogen-bond donors (Lipinski definition) is 3. The first kappa shape index (κ1) is 22.1. The zero-order valence-electron chi connectivity index (χ0n) is 16.1. The van der Waals surface area contributed by atoms with Crippen molar-refractivity contribution in [1.82, 2.24) is 10.6 Å². The Hall–Kier alpha value is -3.63. The normalized spacial score (nSPS) is 17.8. The second-order valence-electron chi connectivity index (χ2n) is 6.76. The maximum atomic E-state index is 14.2. The molecule has 0 fully saturated rings. The second kappa shape index (κ2) is 8.25. The number of carbonyl (C=O) groups is 3. The number of carbonyl (C=O) groups excluding carboxylic acids is 3. The molecule has 0 aliphatic carbocycles. The lowest BCUT2D eigenvalue weighted by atomic mass is 9.88. The van der Waals surface area contributed by atoms with Crippen LogP contribution in [0.1, 0.15) is 21.5 Å². The molecule has 31 heavy (non-hydrogen) atoms. The van der Waals surface area contributed by atoms with E-state index in [0.717, 1.165) is 30.3 Å². The molecule has 0 saturated carbocycles. The molecule has 1 unspecified atom stereocenters. The molecule has 0 radical (unpaired) electrons. The molecule has 3 amide bonds. The van der Waals surface area contributed by atoms with E-state index < -0.39 is 47.6 Å². The van der Waals surface area contributed by atoms with Gasteiger partial charge in [0, 0.05) is 18.2 Å². The molecule has 2 aromatic carbocycles. The van der Waals surface area contributed by atoms with Gasteiger partial charge < -0.3 is 15.4 Å². The number of benzene rings is 2. The summed E-state index contributed by atoms with van der Waals surface area (Å²) in [6, 6.07) is 7.91. The van der Waals surface area contributed by atoms with Crippen molar-refractivity contribution < 1.29 is 36.7 Å². The number of cyclic esters (lactones) is 1. The van der Waals surface area contributed by atoms with Gasteiger partial charge in [0.2, 0.25) is 5.91 Å². The first-order valence-corrected chi connectivity index (χ1v) is 9.00. The highest BCUT2D eigenvalue weighted by molar-refractivity contribution is 5.94. The van der Waals surface area contributed by atoms with Crippen molar-refractivity contribution >= 4 is 23.6 Å². The van der Waals surface area contributed by atoms with Gasteiger partial charge in [0.1, 0.15) is 5.82 Å². The fourth-order valence-electron chi connectivity index (χ4n) is 3.12. The monoisotopic (exact) mass is 439 g/mol. The molecule has 3 N–H and O–H groups in total. The van der Waals surface area contributed by atoms with Gasteiger partial charge in [-0.3, -0.25) is 14.9 Å². The summed E-state index contributed by atoms with van der Waals surface area (Å²) < 4.78 is 60.4. The van der Waals surface area contributed by atoms with Gasteiger partial charge in [0.05, 0.1) is 18.7 Å². The third-order valence-corrected chi connectivity index (χ3v) is 4.73. The topological polar surface area (TPSA) is 96.5 Å². The molecule has 164 valence electrons. The van der Waals surface area contributed by atoms with Crippen molar-refractivity contribution in [1.29, 1.82) is 0 Å². The van der Waals surface area contributed by atoms with Crippen LogP contribution in [-0.2, 0) is 21.6 Å². The van der Waals surface area contributed by atoms with E-state index in [2.05, 4.69) is 16.0 Å². The van der Waals surface area contributed by atoms with Gasteiger partial charge >= 0.3 is 12.3 Å². The van der Waals surface area contributed by atoms with Crippen molar-refractivity contribution in [2.75, 3.05) is 18.9 Å². The lowest BCUT2D eigenvalue weighted by molar-refractivity contribution is -0.261. The number of amides is 3. The van der Waals surface area contributed by atoms with Crippen molar-refractivity contribution in [3.8, 4) is 0 Å². The van der Waals surface area contributed by atoms with Crippen molar-refractivity contribution in [3.63, 3.8) is 0 Å². The Kier molecular flexibility index (Phi) is 5.87. The van der Waals surface area contributed by atoms with E-state index in [0.29, 0.717) is 0 Å². The molecule has 3 rings (SSSR count). The van der Waals surface area contributed by atoms with Crippen LogP contribution in [0.4, 0.5) is 28.0 Å². The van der Waals surface area contributed by atoms with Crippen molar-refractivity contribution in [2.45, 2.75) is 18.2 Å². The van der Waals surface area contributed by atoms with Gasteiger partial charge in [0.25, 0.3) is 11.5 Å². The van der Waals surface area contributed by atoms with E-state index in [4.69, 9.17) is 4.74 Å². The van der Waals surface area contributed by atoms with E-state index >= 15 is 0 Å². The van der Waals surface area contributed by atoms with E-state index in [1.165, 1.54) is 19.2 Å². The SMILES string of the molecule is CNC(=O)Cc1ccc2c(c1)C(CNC(=O)c1ccc(F)cc1)(C(F)(F)F)OC(=O)N2. The van der Waals surface area contributed by atoms with Crippen LogP contribution in [0.2, 0.25) is 0 Å². The van der Waals surface area contributed by atoms with Gasteiger partial charge in [-0.1, -0.05) is 6.07 Å². The third-order valence-electron chi connectivity index (χ3n) is 4.73. The zero-order valence-corrected chi connectivity index (χ0v) is 16.1. The molecular weight excluding hydrogens is 422 g/mol. The summed E-state index contributed by atoms with van der Waals surface area (Å²) in [4.78, 5) is 35.8. The highest BCUT2D eigenvalue weighted by Gasteiger charge is 2.62. The first-order valence-electron chi connectivity index (χ1n) is 9.00. The molecule has 0 aromatic heterocycles. The van der Waals surface area contributed by atoms with Gasteiger partial charge in [-0.15, -0.1) is 0 Å². The maximum Gasteiger partial charge on any atom is 0.434 e. The Morgan fingerprint density at radius 3 is 2.42 bits per heavy atom. The Morgan fingerprint density at radius 2 is 1.81 bits per heavy atom. The number of halogens is 4. The molecule has 0 bridgehead atoms. The van der Waals surface area contributed by atoms with Crippen LogP contribution in [0.5, 0.6) is 0 Å². The standard InChI is InChI=1S/C20H17F4N3O4/c1-25-16(28)9-11-2-7-15-14(8-11)19(20(22,23)24,31-18(30)27-15)10-26-17(29)12-3-5-13(21)6-4-12/h2-8H,9-10H2,1H3,(H,25,28)(H,26,29)(H,27,30). The summed E-state index contributed by atoms with van der Waals surface area (Å²) in [7, 11) is 1.38. The van der Waals surface area contributed by atoms with Crippen LogP contribution in [-0.4, -0.2) is 37.7 Å². The second-order valence-corrected chi connectivity index (χ2v) is 6.76. The molecule has 1 heterocycles. The van der Waals surface area contributed by atoms with Crippen LogP contribution >= 0.6 is 0 Å². The minimum atomic E-state index is -5.11. The highest BCUT2D eigenvalue weighted by atomic mass is 19.4. The molecule has 0 saturated heterocycles. The van der Waals surface area contributed by atoms with E-state index in [-0.39, 0.29) is 23.2 Å². The molecule has 1 aliphatic rings. The molecule has 0 spiro atoms. The molecule has 2 aromatic rings. The fourth-order valence-corrected chi connectivity index (χ4v) is 3.12. The molecule has 1 aliphatic heterocycles.